The summed E-state index contributed by atoms with van der Waals surface area (Å²) >= 11 is 0. The maximum absolute atomic E-state index is 11.7. The lowest BCUT2D eigenvalue weighted by atomic mass is 10.2. The molecule has 0 aliphatic heterocycles. The van der Waals surface area contributed by atoms with Crippen LogP contribution in [0.2, 0.25) is 0 Å². The van der Waals surface area contributed by atoms with E-state index in [9.17, 15) is 4.79 Å². The lowest BCUT2D eigenvalue weighted by molar-refractivity contribution is -0.134. The minimum absolute atomic E-state index is 0.163. The lowest BCUT2D eigenvalue weighted by Gasteiger charge is -2.20. The van der Waals surface area contributed by atoms with E-state index in [1.165, 1.54) is 4.90 Å². The first-order valence-corrected chi connectivity index (χ1v) is 5.83. The molecule has 0 unspecified atom stereocenters. The first-order valence-electron chi connectivity index (χ1n) is 5.83. The summed E-state index contributed by atoms with van der Waals surface area (Å²) in [5.41, 5.74) is 0.515. The van der Waals surface area contributed by atoms with E-state index in [0.29, 0.717) is 11.3 Å². The number of carbonyl (C=O) groups is 1. The maximum atomic E-state index is 11.7. The Morgan fingerprint density at radius 2 is 1.79 bits per heavy atom. The van der Waals surface area contributed by atoms with Crippen LogP contribution in [0.4, 0.5) is 0 Å². The van der Waals surface area contributed by atoms with Crippen molar-refractivity contribution in [2.75, 3.05) is 32.9 Å². The van der Waals surface area contributed by atoms with E-state index >= 15 is 0 Å². The third-order valence-electron chi connectivity index (χ3n) is 2.44. The molecule has 0 atom stereocenters. The molecule has 6 heteroatoms. The van der Waals surface area contributed by atoms with Crippen molar-refractivity contribution in [3.8, 4) is 11.8 Å². The van der Waals surface area contributed by atoms with Gasteiger partial charge in [0, 0.05) is 13.1 Å². The van der Waals surface area contributed by atoms with Crippen molar-refractivity contribution >= 4 is 5.91 Å². The van der Waals surface area contributed by atoms with Gasteiger partial charge in [0.2, 0.25) is 0 Å². The van der Waals surface area contributed by atoms with Crippen LogP contribution in [0.15, 0.2) is 24.3 Å². The lowest BCUT2D eigenvalue weighted by Crippen LogP contribution is -2.38. The summed E-state index contributed by atoms with van der Waals surface area (Å²) < 4.78 is 5.28. The molecular weight excluding hydrogens is 248 g/mol. The van der Waals surface area contributed by atoms with Crippen LogP contribution >= 0.6 is 0 Å². The molecule has 1 rings (SSSR count). The monoisotopic (exact) mass is 264 g/mol. The molecule has 0 aromatic heterocycles. The number of benzene rings is 1. The van der Waals surface area contributed by atoms with Gasteiger partial charge in [-0.2, -0.15) is 5.26 Å². The fourth-order valence-corrected chi connectivity index (χ4v) is 1.46. The topological polar surface area (TPSA) is 93.8 Å². The Morgan fingerprint density at radius 1 is 1.21 bits per heavy atom. The molecule has 0 spiro atoms. The molecule has 0 bridgehead atoms. The normalized spacial score (nSPS) is 9.74. The summed E-state index contributed by atoms with van der Waals surface area (Å²) in [5, 5.41) is 26.3. The average molecular weight is 264 g/mol. The van der Waals surface area contributed by atoms with Crippen molar-refractivity contribution < 1.29 is 19.7 Å². The second-order valence-electron chi connectivity index (χ2n) is 3.75. The van der Waals surface area contributed by atoms with Gasteiger partial charge in [-0.1, -0.05) is 0 Å². The zero-order chi connectivity index (χ0) is 14.1. The van der Waals surface area contributed by atoms with Crippen molar-refractivity contribution in [1.82, 2.24) is 4.90 Å². The largest absolute Gasteiger partial charge is 0.484 e. The van der Waals surface area contributed by atoms with E-state index < -0.39 is 0 Å². The highest BCUT2D eigenvalue weighted by Crippen LogP contribution is 2.11. The Labute approximate surface area is 111 Å². The van der Waals surface area contributed by atoms with Gasteiger partial charge in [-0.25, -0.2) is 0 Å². The molecular formula is C13H16N2O4. The van der Waals surface area contributed by atoms with E-state index in [0.717, 1.165) is 0 Å². The van der Waals surface area contributed by atoms with Crippen LogP contribution in [-0.4, -0.2) is 53.9 Å². The van der Waals surface area contributed by atoms with Crippen LogP contribution in [0.25, 0.3) is 0 Å². The fraction of sp³-hybridized carbons (Fsp3) is 0.385. The number of carbonyl (C=O) groups excluding carboxylic acids is 1. The van der Waals surface area contributed by atoms with E-state index in [4.69, 9.17) is 20.2 Å². The Kier molecular flexibility index (Phi) is 6.36. The first kappa shape index (κ1) is 15.0. The summed E-state index contributed by atoms with van der Waals surface area (Å²) in [6.07, 6.45) is 0. The molecule has 0 aliphatic rings. The van der Waals surface area contributed by atoms with Gasteiger partial charge >= 0.3 is 0 Å². The second kappa shape index (κ2) is 8.08. The van der Waals surface area contributed by atoms with Crippen molar-refractivity contribution in [2.45, 2.75) is 0 Å². The van der Waals surface area contributed by atoms with Gasteiger partial charge in [0.25, 0.3) is 5.91 Å². The summed E-state index contributed by atoms with van der Waals surface area (Å²) in [7, 11) is 0. The zero-order valence-electron chi connectivity index (χ0n) is 10.5. The highest BCUT2D eigenvalue weighted by molar-refractivity contribution is 5.77. The molecule has 1 aromatic rings. The molecule has 0 aliphatic carbocycles. The molecule has 1 aromatic carbocycles. The molecule has 1 amide bonds. The Morgan fingerprint density at radius 3 is 2.26 bits per heavy atom. The predicted octanol–water partition coefficient (Wildman–Crippen LogP) is -0.250. The summed E-state index contributed by atoms with van der Waals surface area (Å²) in [6, 6.07) is 8.39. The average Bonchev–Trinajstić information content (AvgIpc) is 2.45. The van der Waals surface area contributed by atoms with Gasteiger partial charge in [0.15, 0.2) is 6.61 Å². The number of ether oxygens (including phenoxy) is 1. The molecule has 0 heterocycles. The summed E-state index contributed by atoms with van der Waals surface area (Å²) in [6.45, 7) is -0.177. The molecule has 0 saturated carbocycles. The van der Waals surface area contributed by atoms with Crippen LogP contribution < -0.4 is 4.74 Å². The van der Waals surface area contributed by atoms with Crippen molar-refractivity contribution in [2.24, 2.45) is 0 Å². The van der Waals surface area contributed by atoms with Gasteiger partial charge in [-0.15, -0.1) is 0 Å². The van der Waals surface area contributed by atoms with Gasteiger partial charge in [-0.3, -0.25) is 4.79 Å². The molecule has 2 N–H and O–H groups in total. The van der Waals surface area contributed by atoms with Crippen LogP contribution in [0, 0.1) is 11.3 Å². The number of aliphatic hydroxyl groups excluding tert-OH is 2. The molecule has 0 fully saturated rings. The Hall–Kier alpha value is -2.10. The molecule has 0 saturated heterocycles. The first-order chi connectivity index (χ1) is 9.21. The van der Waals surface area contributed by atoms with E-state index in [1.54, 1.807) is 24.3 Å². The molecule has 0 radical (unpaired) electrons. The predicted molar refractivity (Wildman–Crippen MR) is 67.4 cm³/mol. The minimum atomic E-state index is -0.313. The van der Waals surface area contributed by atoms with E-state index in [2.05, 4.69) is 0 Å². The SMILES string of the molecule is N#Cc1ccc(OCC(=O)N(CCO)CCO)cc1. The highest BCUT2D eigenvalue weighted by Gasteiger charge is 2.12. The number of hydrogen-bond donors (Lipinski definition) is 2. The van der Waals surface area contributed by atoms with Crippen molar-refractivity contribution in [1.29, 1.82) is 5.26 Å². The van der Waals surface area contributed by atoms with Crippen molar-refractivity contribution in [3.05, 3.63) is 29.8 Å². The van der Waals surface area contributed by atoms with E-state index in [-0.39, 0.29) is 38.8 Å². The van der Waals surface area contributed by atoms with Crippen LogP contribution in [0.3, 0.4) is 0 Å². The quantitative estimate of drug-likeness (QED) is 0.708. The highest BCUT2D eigenvalue weighted by atomic mass is 16.5. The van der Waals surface area contributed by atoms with Gasteiger partial charge < -0.3 is 19.8 Å². The number of aliphatic hydroxyl groups is 2. The molecule has 102 valence electrons. The number of amides is 1. The number of hydrogen-bond acceptors (Lipinski definition) is 5. The zero-order valence-corrected chi connectivity index (χ0v) is 10.5. The minimum Gasteiger partial charge on any atom is -0.484 e. The third-order valence-corrected chi connectivity index (χ3v) is 2.44. The van der Waals surface area contributed by atoms with Crippen molar-refractivity contribution in [3.63, 3.8) is 0 Å². The summed E-state index contributed by atoms with van der Waals surface area (Å²) in [4.78, 5) is 13.1. The van der Waals surface area contributed by atoms with Crippen LogP contribution in [-0.2, 0) is 4.79 Å². The number of nitrogens with zero attached hydrogens (tertiary/aromatic N) is 2. The molecule has 19 heavy (non-hydrogen) atoms. The van der Waals surface area contributed by atoms with Crippen LogP contribution in [0.5, 0.6) is 5.75 Å². The van der Waals surface area contributed by atoms with Gasteiger partial charge in [-0.05, 0) is 24.3 Å². The number of rotatable bonds is 7. The molecule has 6 nitrogen and oxygen atoms in total. The fourth-order valence-electron chi connectivity index (χ4n) is 1.46. The van der Waals surface area contributed by atoms with E-state index in [1.807, 2.05) is 6.07 Å². The Bertz CT molecular complexity index is 433. The van der Waals surface area contributed by atoms with Gasteiger partial charge in [0.1, 0.15) is 5.75 Å². The summed E-state index contributed by atoms with van der Waals surface area (Å²) in [5.74, 6) is 0.174. The standard InChI is InChI=1S/C13H16N2O4/c14-9-11-1-3-12(4-2-11)19-10-13(18)15(5-7-16)6-8-17/h1-4,16-17H,5-8,10H2. The Balaban J connectivity index is 2.49. The second-order valence-corrected chi connectivity index (χ2v) is 3.75. The van der Waals surface area contributed by atoms with Crippen LogP contribution in [0.1, 0.15) is 5.56 Å². The third kappa shape index (κ3) is 4.95. The number of nitriles is 1. The maximum Gasteiger partial charge on any atom is 0.260 e. The smallest absolute Gasteiger partial charge is 0.260 e. The van der Waals surface area contributed by atoms with Gasteiger partial charge in [0.05, 0.1) is 24.8 Å².